The zero-order chi connectivity index (χ0) is 11.3. The third kappa shape index (κ3) is 3.53. The van der Waals surface area contributed by atoms with Gasteiger partial charge in [0.2, 0.25) is 0 Å². The quantitative estimate of drug-likeness (QED) is 0.686. The van der Waals surface area contributed by atoms with Crippen molar-refractivity contribution < 1.29 is 4.74 Å². The summed E-state index contributed by atoms with van der Waals surface area (Å²) in [6.45, 7) is 6.20. The lowest BCUT2D eigenvalue weighted by Crippen LogP contribution is -2.03. The van der Waals surface area contributed by atoms with Crippen molar-refractivity contribution >= 4 is 23.2 Å². The molecule has 1 aromatic rings. The summed E-state index contributed by atoms with van der Waals surface area (Å²) in [6.07, 6.45) is 2.61. The lowest BCUT2D eigenvalue weighted by atomic mass is 10.1. The second-order valence-corrected chi connectivity index (χ2v) is 4.03. The topological polar surface area (TPSA) is 9.23 Å². The molecule has 0 radical (unpaired) electrons. The van der Waals surface area contributed by atoms with Crippen molar-refractivity contribution in [3.63, 3.8) is 0 Å². The summed E-state index contributed by atoms with van der Waals surface area (Å²) in [5.74, 6) is 0. The molecule has 0 aliphatic carbocycles. The highest BCUT2D eigenvalue weighted by molar-refractivity contribution is 6.35. The van der Waals surface area contributed by atoms with E-state index in [1.165, 1.54) is 0 Å². The van der Waals surface area contributed by atoms with Gasteiger partial charge in [-0.2, -0.15) is 0 Å². The highest BCUT2D eigenvalue weighted by atomic mass is 35.5. The molecule has 0 aliphatic heterocycles. The molecule has 1 unspecified atom stereocenters. The number of rotatable bonds is 5. The lowest BCUT2D eigenvalue weighted by molar-refractivity contribution is 0.0715. The first-order valence-electron chi connectivity index (χ1n) is 4.86. The number of hydrogen-bond donors (Lipinski definition) is 0. The van der Waals surface area contributed by atoms with Crippen LogP contribution in [0.5, 0.6) is 0 Å². The zero-order valence-electron chi connectivity index (χ0n) is 8.67. The zero-order valence-corrected chi connectivity index (χ0v) is 10.2. The number of benzene rings is 1. The summed E-state index contributed by atoms with van der Waals surface area (Å²) in [5, 5.41) is 1.29. The van der Waals surface area contributed by atoms with Crippen molar-refractivity contribution in [3.05, 3.63) is 46.5 Å². The highest BCUT2D eigenvalue weighted by Crippen LogP contribution is 2.30. The number of halogens is 2. The second-order valence-electron chi connectivity index (χ2n) is 3.18. The molecule has 1 nitrogen and oxygen atoms in total. The van der Waals surface area contributed by atoms with Crippen LogP contribution < -0.4 is 0 Å². The van der Waals surface area contributed by atoms with Crippen molar-refractivity contribution in [1.29, 1.82) is 0 Å². The van der Waals surface area contributed by atoms with Gasteiger partial charge in [-0.3, -0.25) is 0 Å². The van der Waals surface area contributed by atoms with Gasteiger partial charge in [0, 0.05) is 10.0 Å². The average molecular weight is 245 g/mol. The van der Waals surface area contributed by atoms with Crippen LogP contribution in [0.15, 0.2) is 30.9 Å². The standard InChI is InChI=1S/C12H14Cl2O/c1-3-7-15-12(4-2)10-6-5-9(13)8-11(10)14/h3,5-6,8,12H,1,4,7H2,2H3. The summed E-state index contributed by atoms with van der Waals surface area (Å²) in [7, 11) is 0. The third-order valence-electron chi connectivity index (χ3n) is 2.10. The summed E-state index contributed by atoms with van der Waals surface area (Å²) in [4.78, 5) is 0. The van der Waals surface area contributed by atoms with Gasteiger partial charge in [0.15, 0.2) is 0 Å². The average Bonchev–Trinajstić information content (AvgIpc) is 2.21. The van der Waals surface area contributed by atoms with Gasteiger partial charge in [-0.15, -0.1) is 6.58 Å². The maximum absolute atomic E-state index is 6.09. The van der Waals surface area contributed by atoms with E-state index in [9.17, 15) is 0 Å². The normalized spacial score (nSPS) is 12.5. The van der Waals surface area contributed by atoms with Gasteiger partial charge in [0.25, 0.3) is 0 Å². The lowest BCUT2D eigenvalue weighted by Gasteiger charge is -2.16. The van der Waals surface area contributed by atoms with Gasteiger partial charge >= 0.3 is 0 Å². The Morgan fingerprint density at radius 2 is 2.20 bits per heavy atom. The summed E-state index contributed by atoms with van der Waals surface area (Å²) in [5.41, 5.74) is 0.977. The minimum atomic E-state index is 0.00719. The summed E-state index contributed by atoms with van der Waals surface area (Å²) in [6, 6.07) is 5.46. The van der Waals surface area contributed by atoms with Crippen LogP contribution in [0.2, 0.25) is 10.0 Å². The van der Waals surface area contributed by atoms with Crippen LogP contribution in [0.3, 0.4) is 0 Å². The maximum atomic E-state index is 6.09. The summed E-state index contributed by atoms with van der Waals surface area (Å²) >= 11 is 11.9. The Labute approximate surface area is 101 Å². The monoisotopic (exact) mass is 244 g/mol. The SMILES string of the molecule is C=CCOC(CC)c1ccc(Cl)cc1Cl. The minimum Gasteiger partial charge on any atom is -0.369 e. The first-order valence-corrected chi connectivity index (χ1v) is 5.62. The van der Waals surface area contributed by atoms with Gasteiger partial charge in [-0.05, 0) is 24.1 Å². The Kier molecular flexibility index (Phi) is 5.16. The minimum absolute atomic E-state index is 0.00719. The van der Waals surface area contributed by atoms with Crippen molar-refractivity contribution in [3.8, 4) is 0 Å². The van der Waals surface area contributed by atoms with E-state index in [-0.39, 0.29) is 6.10 Å². The molecule has 1 aromatic carbocycles. The van der Waals surface area contributed by atoms with E-state index >= 15 is 0 Å². The Hall–Kier alpha value is -0.500. The molecule has 0 heterocycles. The molecule has 0 aliphatic rings. The van der Waals surface area contributed by atoms with E-state index in [4.69, 9.17) is 27.9 Å². The van der Waals surface area contributed by atoms with Crippen LogP contribution in [-0.2, 0) is 4.74 Å². The first-order chi connectivity index (χ1) is 7.19. The highest BCUT2D eigenvalue weighted by Gasteiger charge is 2.12. The molecule has 0 saturated heterocycles. The molecule has 3 heteroatoms. The molecule has 0 fully saturated rings. The Balaban J connectivity index is 2.86. The van der Waals surface area contributed by atoms with Crippen molar-refractivity contribution in [2.75, 3.05) is 6.61 Å². The van der Waals surface area contributed by atoms with Crippen LogP contribution in [-0.4, -0.2) is 6.61 Å². The molecule has 0 N–H and O–H groups in total. The fourth-order valence-corrected chi connectivity index (χ4v) is 1.90. The van der Waals surface area contributed by atoms with Crippen molar-refractivity contribution in [1.82, 2.24) is 0 Å². The van der Waals surface area contributed by atoms with Crippen LogP contribution in [0.25, 0.3) is 0 Å². The molecule has 15 heavy (non-hydrogen) atoms. The van der Waals surface area contributed by atoms with E-state index in [1.807, 2.05) is 12.1 Å². The largest absolute Gasteiger partial charge is 0.369 e. The molecule has 0 bridgehead atoms. The van der Waals surface area contributed by atoms with Crippen LogP contribution in [0.1, 0.15) is 25.0 Å². The van der Waals surface area contributed by atoms with Gasteiger partial charge in [0.05, 0.1) is 12.7 Å². The summed E-state index contributed by atoms with van der Waals surface area (Å²) < 4.78 is 5.60. The predicted octanol–water partition coefficient (Wildman–Crippen LogP) is 4.65. The molecule has 0 amide bonds. The van der Waals surface area contributed by atoms with E-state index in [0.29, 0.717) is 16.7 Å². The number of ether oxygens (including phenoxy) is 1. The van der Waals surface area contributed by atoms with Gasteiger partial charge in [0.1, 0.15) is 0 Å². The maximum Gasteiger partial charge on any atom is 0.0841 e. The Bertz CT molecular complexity index is 336. The smallest absolute Gasteiger partial charge is 0.0841 e. The Morgan fingerprint density at radius 1 is 1.47 bits per heavy atom. The third-order valence-corrected chi connectivity index (χ3v) is 2.66. The molecular weight excluding hydrogens is 231 g/mol. The molecule has 0 spiro atoms. The second kappa shape index (κ2) is 6.16. The van der Waals surface area contributed by atoms with E-state index < -0.39 is 0 Å². The first kappa shape index (κ1) is 12.6. The molecule has 1 atom stereocenters. The van der Waals surface area contributed by atoms with Gasteiger partial charge in [-0.25, -0.2) is 0 Å². The fourth-order valence-electron chi connectivity index (χ4n) is 1.37. The van der Waals surface area contributed by atoms with Gasteiger partial charge in [-0.1, -0.05) is 42.3 Å². The van der Waals surface area contributed by atoms with Crippen molar-refractivity contribution in [2.45, 2.75) is 19.4 Å². The predicted molar refractivity (Wildman–Crippen MR) is 65.6 cm³/mol. The van der Waals surface area contributed by atoms with Crippen LogP contribution in [0, 0.1) is 0 Å². The van der Waals surface area contributed by atoms with Crippen LogP contribution in [0.4, 0.5) is 0 Å². The van der Waals surface area contributed by atoms with E-state index in [1.54, 1.807) is 12.1 Å². The fraction of sp³-hybridized carbons (Fsp3) is 0.333. The Morgan fingerprint density at radius 3 is 2.73 bits per heavy atom. The number of hydrogen-bond acceptors (Lipinski definition) is 1. The molecule has 0 saturated carbocycles. The molecular formula is C12H14Cl2O. The van der Waals surface area contributed by atoms with Gasteiger partial charge < -0.3 is 4.74 Å². The van der Waals surface area contributed by atoms with Crippen LogP contribution >= 0.6 is 23.2 Å². The molecule has 0 aromatic heterocycles. The van der Waals surface area contributed by atoms with Crippen molar-refractivity contribution in [2.24, 2.45) is 0 Å². The van der Waals surface area contributed by atoms with E-state index in [0.717, 1.165) is 12.0 Å². The molecule has 1 rings (SSSR count). The molecule has 82 valence electrons. The van der Waals surface area contributed by atoms with E-state index in [2.05, 4.69) is 13.5 Å².